The van der Waals surface area contributed by atoms with E-state index in [2.05, 4.69) is 10.3 Å². The van der Waals surface area contributed by atoms with Gasteiger partial charge in [-0.05, 0) is 46.7 Å². The summed E-state index contributed by atoms with van der Waals surface area (Å²) in [6.07, 6.45) is 1.81. The second-order valence-corrected chi connectivity index (χ2v) is 7.34. The summed E-state index contributed by atoms with van der Waals surface area (Å²) in [6, 6.07) is 20.4. The maximum atomic E-state index is 12.1. The number of ether oxygens (including phenoxy) is 1. The third-order valence-electron chi connectivity index (χ3n) is 4.83. The van der Waals surface area contributed by atoms with E-state index in [1.807, 2.05) is 42.6 Å². The van der Waals surface area contributed by atoms with Crippen LogP contribution in [0.2, 0.25) is 5.02 Å². The van der Waals surface area contributed by atoms with Crippen molar-refractivity contribution in [2.24, 2.45) is 0 Å². The number of hydrogen-bond donors (Lipinski definition) is 0. The quantitative estimate of drug-likeness (QED) is 0.303. The van der Waals surface area contributed by atoms with Crippen molar-refractivity contribution in [1.82, 2.24) is 15.0 Å². The molecule has 0 unspecified atom stereocenters. The smallest absolute Gasteiger partial charge is 0.336 e. The molecule has 0 N–H and O–H groups in total. The summed E-state index contributed by atoms with van der Waals surface area (Å²) in [7, 11) is 0. The highest BCUT2D eigenvalue weighted by atomic mass is 35.5. The fourth-order valence-corrected chi connectivity index (χ4v) is 3.62. The molecule has 0 aliphatic rings. The molecule has 0 saturated carbocycles. The van der Waals surface area contributed by atoms with E-state index < -0.39 is 0 Å². The summed E-state index contributed by atoms with van der Waals surface area (Å²) in [5, 5.41) is 12.0. The topological polar surface area (TPSA) is 70.2 Å². The van der Waals surface area contributed by atoms with Crippen LogP contribution in [0, 0.1) is 0 Å². The standard InChI is InChI=1S/C23H16ClN3O3/c24-17-6-8-19(9-7-17)29-14-18-13-27(26-25-18)12-16-11-22(28)30-21-10-5-15-3-1-2-4-20(15)23(16)21/h1-11,13H,12,14H2. The van der Waals surface area contributed by atoms with Crippen molar-refractivity contribution in [1.29, 1.82) is 0 Å². The molecule has 7 heteroatoms. The second-order valence-electron chi connectivity index (χ2n) is 6.90. The molecule has 5 rings (SSSR count). The van der Waals surface area contributed by atoms with E-state index in [-0.39, 0.29) is 12.2 Å². The molecule has 3 aromatic carbocycles. The van der Waals surface area contributed by atoms with Gasteiger partial charge in [-0.15, -0.1) is 5.10 Å². The molecule has 0 fully saturated rings. The van der Waals surface area contributed by atoms with Crippen LogP contribution in [0.1, 0.15) is 11.3 Å². The minimum Gasteiger partial charge on any atom is -0.487 e. The summed E-state index contributed by atoms with van der Waals surface area (Å²) in [6.45, 7) is 0.673. The van der Waals surface area contributed by atoms with Gasteiger partial charge in [0.05, 0.1) is 12.7 Å². The first-order chi connectivity index (χ1) is 14.7. The molecule has 0 spiro atoms. The fraction of sp³-hybridized carbons (Fsp3) is 0.0870. The van der Waals surface area contributed by atoms with Crippen LogP contribution < -0.4 is 10.4 Å². The van der Waals surface area contributed by atoms with Crippen molar-refractivity contribution in [3.63, 3.8) is 0 Å². The Morgan fingerprint density at radius 1 is 1.03 bits per heavy atom. The van der Waals surface area contributed by atoms with E-state index in [0.29, 0.717) is 28.6 Å². The number of benzene rings is 3. The third-order valence-corrected chi connectivity index (χ3v) is 5.09. The van der Waals surface area contributed by atoms with Gasteiger partial charge in [-0.1, -0.05) is 47.1 Å². The molecule has 6 nitrogen and oxygen atoms in total. The zero-order chi connectivity index (χ0) is 20.5. The summed E-state index contributed by atoms with van der Waals surface area (Å²) in [5.41, 5.74) is 1.68. The zero-order valence-electron chi connectivity index (χ0n) is 15.8. The molecule has 0 amide bonds. The van der Waals surface area contributed by atoms with Gasteiger partial charge < -0.3 is 9.15 Å². The van der Waals surface area contributed by atoms with Crippen LogP contribution in [-0.4, -0.2) is 15.0 Å². The Morgan fingerprint density at radius 2 is 1.87 bits per heavy atom. The number of aromatic nitrogens is 3. The van der Waals surface area contributed by atoms with Crippen LogP contribution in [0.25, 0.3) is 21.7 Å². The van der Waals surface area contributed by atoms with Crippen LogP contribution in [0.3, 0.4) is 0 Å². The van der Waals surface area contributed by atoms with E-state index in [9.17, 15) is 4.79 Å². The maximum Gasteiger partial charge on any atom is 0.336 e. The Morgan fingerprint density at radius 3 is 2.73 bits per heavy atom. The lowest BCUT2D eigenvalue weighted by atomic mass is 10.0. The van der Waals surface area contributed by atoms with E-state index in [0.717, 1.165) is 21.7 Å². The first-order valence-electron chi connectivity index (χ1n) is 9.37. The molecule has 0 aliphatic heterocycles. The normalized spacial score (nSPS) is 11.2. The van der Waals surface area contributed by atoms with Crippen molar-refractivity contribution in [2.45, 2.75) is 13.2 Å². The molecule has 5 aromatic rings. The minimum absolute atomic E-state index is 0.280. The maximum absolute atomic E-state index is 12.1. The molecule has 148 valence electrons. The Balaban J connectivity index is 1.44. The number of hydrogen-bond acceptors (Lipinski definition) is 5. The van der Waals surface area contributed by atoms with Gasteiger partial charge in [0.15, 0.2) is 0 Å². The Hall–Kier alpha value is -3.64. The van der Waals surface area contributed by atoms with Crippen LogP contribution in [0.5, 0.6) is 5.75 Å². The lowest BCUT2D eigenvalue weighted by Gasteiger charge is -2.08. The molecule has 0 saturated heterocycles. The lowest BCUT2D eigenvalue weighted by molar-refractivity contribution is 0.301. The van der Waals surface area contributed by atoms with Gasteiger partial charge in [0.25, 0.3) is 0 Å². The summed E-state index contributed by atoms with van der Waals surface area (Å²) >= 11 is 5.89. The highest BCUT2D eigenvalue weighted by Gasteiger charge is 2.11. The van der Waals surface area contributed by atoms with Crippen molar-refractivity contribution >= 4 is 33.3 Å². The van der Waals surface area contributed by atoms with Crippen molar-refractivity contribution in [3.05, 3.63) is 99.6 Å². The van der Waals surface area contributed by atoms with Gasteiger partial charge in [0, 0.05) is 16.5 Å². The Bertz CT molecular complexity index is 1410. The van der Waals surface area contributed by atoms with Gasteiger partial charge in [-0.3, -0.25) is 0 Å². The van der Waals surface area contributed by atoms with Crippen molar-refractivity contribution in [2.75, 3.05) is 0 Å². The van der Waals surface area contributed by atoms with Crippen LogP contribution in [0.15, 0.2) is 82.1 Å². The van der Waals surface area contributed by atoms with Gasteiger partial charge in [-0.25, -0.2) is 9.48 Å². The average Bonchev–Trinajstić information content (AvgIpc) is 3.20. The van der Waals surface area contributed by atoms with Gasteiger partial charge in [0.2, 0.25) is 0 Å². The highest BCUT2D eigenvalue weighted by molar-refractivity contribution is 6.30. The van der Waals surface area contributed by atoms with E-state index in [1.54, 1.807) is 28.9 Å². The zero-order valence-corrected chi connectivity index (χ0v) is 16.5. The average molecular weight is 418 g/mol. The van der Waals surface area contributed by atoms with Crippen LogP contribution >= 0.6 is 11.6 Å². The van der Waals surface area contributed by atoms with Crippen molar-refractivity contribution < 1.29 is 9.15 Å². The molecular formula is C23H16ClN3O3. The molecule has 30 heavy (non-hydrogen) atoms. The lowest BCUT2D eigenvalue weighted by Crippen LogP contribution is -2.06. The summed E-state index contributed by atoms with van der Waals surface area (Å²) < 4.78 is 12.8. The number of rotatable bonds is 5. The van der Waals surface area contributed by atoms with Gasteiger partial charge >= 0.3 is 5.63 Å². The van der Waals surface area contributed by atoms with E-state index in [4.69, 9.17) is 20.8 Å². The first kappa shape index (κ1) is 18.4. The molecule has 0 atom stereocenters. The minimum atomic E-state index is -0.390. The fourth-order valence-electron chi connectivity index (χ4n) is 3.49. The number of halogens is 1. The van der Waals surface area contributed by atoms with Crippen LogP contribution in [0.4, 0.5) is 0 Å². The van der Waals surface area contributed by atoms with Crippen molar-refractivity contribution in [3.8, 4) is 5.75 Å². The molecule has 2 aromatic heterocycles. The molecule has 0 radical (unpaired) electrons. The Labute approximate surface area is 176 Å². The third kappa shape index (κ3) is 3.65. The summed E-state index contributed by atoms with van der Waals surface area (Å²) in [4.78, 5) is 12.1. The summed E-state index contributed by atoms with van der Waals surface area (Å²) in [5.74, 6) is 0.701. The van der Waals surface area contributed by atoms with E-state index in [1.165, 1.54) is 6.07 Å². The predicted octanol–water partition coefficient (Wildman–Crippen LogP) is 4.82. The van der Waals surface area contributed by atoms with Gasteiger partial charge in [-0.2, -0.15) is 0 Å². The molecule has 0 aliphatic carbocycles. The SMILES string of the molecule is O=c1cc(Cn2cc(COc3ccc(Cl)cc3)nn2)c2c(ccc3ccccc32)o1. The monoisotopic (exact) mass is 417 g/mol. The number of nitrogens with zero attached hydrogens (tertiary/aromatic N) is 3. The predicted molar refractivity (Wildman–Crippen MR) is 115 cm³/mol. The Kier molecular flexibility index (Phi) is 4.69. The molecular weight excluding hydrogens is 402 g/mol. The number of fused-ring (bicyclic) bond motifs is 3. The van der Waals surface area contributed by atoms with Gasteiger partial charge in [0.1, 0.15) is 23.6 Å². The molecule has 0 bridgehead atoms. The highest BCUT2D eigenvalue weighted by Crippen LogP contribution is 2.27. The molecule has 2 heterocycles. The van der Waals surface area contributed by atoms with E-state index >= 15 is 0 Å². The first-order valence-corrected chi connectivity index (χ1v) is 9.75. The van der Waals surface area contributed by atoms with Crippen LogP contribution in [-0.2, 0) is 13.2 Å². The largest absolute Gasteiger partial charge is 0.487 e. The second kappa shape index (κ2) is 7.65.